The molecule has 0 spiro atoms. The summed E-state index contributed by atoms with van der Waals surface area (Å²) in [6.45, 7) is 1.03. The van der Waals surface area contributed by atoms with Crippen molar-refractivity contribution in [3.05, 3.63) is 0 Å². The van der Waals surface area contributed by atoms with Gasteiger partial charge in [0, 0.05) is 6.92 Å². The highest BCUT2D eigenvalue weighted by Crippen LogP contribution is 2.32. The third kappa shape index (κ3) is 5.61. The Morgan fingerprint density at radius 3 is 2.13 bits per heavy atom. The SMILES string of the molecule is CC(=O)NC1C(O)OC(OS(=O)(=O)O)C(O)C1OC1CC(C(=O)O)C(O)C(O)C1O. The summed E-state index contributed by atoms with van der Waals surface area (Å²) >= 11 is 0. The van der Waals surface area contributed by atoms with Gasteiger partial charge < -0.3 is 45.4 Å². The van der Waals surface area contributed by atoms with E-state index in [0.29, 0.717) is 0 Å². The van der Waals surface area contributed by atoms with Crippen LogP contribution in [0.25, 0.3) is 0 Å². The molecule has 174 valence electrons. The van der Waals surface area contributed by atoms with Crippen molar-refractivity contribution in [1.29, 1.82) is 0 Å². The van der Waals surface area contributed by atoms with E-state index in [4.69, 9.17) is 14.0 Å². The van der Waals surface area contributed by atoms with Gasteiger partial charge in [-0.3, -0.25) is 14.1 Å². The molecule has 1 amide bonds. The number of aliphatic hydroxyl groups is 5. The number of nitrogens with one attached hydrogen (secondary N) is 1. The molecule has 2 rings (SSSR count). The first-order valence-electron chi connectivity index (χ1n) is 8.59. The predicted octanol–water partition coefficient (Wildman–Crippen LogP) is -4.71. The van der Waals surface area contributed by atoms with Crippen molar-refractivity contribution in [1.82, 2.24) is 5.32 Å². The second kappa shape index (κ2) is 9.35. The van der Waals surface area contributed by atoms with Crippen LogP contribution in [0.2, 0.25) is 0 Å². The van der Waals surface area contributed by atoms with Crippen LogP contribution >= 0.6 is 0 Å². The van der Waals surface area contributed by atoms with Gasteiger partial charge in [0.15, 0.2) is 6.29 Å². The molecule has 1 aliphatic heterocycles. The topological polar surface area (TPSA) is 250 Å². The smallest absolute Gasteiger partial charge is 0.399 e. The Hall–Kier alpha value is -1.47. The van der Waals surface area contributed by atoms with Gasteiger partial charge in [-0.2, -0.15) is 8.42 Å². The maximum absolute atomic E-state index is 11.4. The molecule has 1 aliphatic carbocycles. The molecule has 0 bridgehead atoms. The molecule has 0 aromatic rings. The molecule has 2 fully saturated rings. The first kappa shape index (κ1) is 24.8. The second-order valence-corrected chi connectivity index (χ2v) is 7.98. The molecule has 0 aromatic carbocycles. The van der Waals surface area contributed by atoms with E-state index in [0.717, 1.165) is 6.92 Å². The maximum atomic E-state index is 11.4. The zero-order valence-electron chi connectivity index (χ0n) is 15.4. The van der Waals surface area contributed by atoms with Crippen LogP contribution < -0.4 is 5.32 Å². The average Bonchev–Trinajstić information content (AvgIpc) is 2.60. The second-order valence-electron chi connectivity index (χ2n) is 6.93. The van der Waals surface area contributed by atoms with E-state index in [1.54, 1.807) is 0 Å². The van der Waals surface area contributed by atoms with Gasteiger partial charge in [0.2, 0.25) is 12.2 Å². The Morgan fingerprint density at radius 1 is 1.03 bits per heavy atom. The van der Waals surface area contributed by atoms with Crippen LogP contribution in [0.5, 0.6) is 0 Å². The van der Waals surface area contributed by atoms with Gasteiger partial charge in [0.1, 0.15) is 30.5 Å². The van der Waals surface area contributed by atoms with Crippen molar-refractivity contribution >= 4 is 22.3 Å². The van der Waals surface area contributed by atoms with Gasteiger partial charge >= 0.3 is 16.4 Å². The van der Waals surface area contributed by atoms with Crippen molar-refractivity contribution in [2.45, 2.75) is 68.6 Å². The number of hydrogen-bond donors (Lipinski definition) is 8. The van der Waals surface area contributed by atoms with Gasteiger partial charge in [0.05, 0.1) is 18.1 Å². The van der Waals surface area contributed by atoms with Gasteiger partial charge in [-0.05, 0) is 6.42 Å². The number of carbonyl (C=O) groups is 2. The highest BCUT2D eigenvalue weighted by Gasteiger charge is 2.52. The van der Waals surface area contributed by atoms with Crippen LogP contribution in [-0.4, -0.2) is 111 Å². The number of carboxylic acid groups (broad SMARTS) is 1. The molecular weight excluding hydrogens is 438 g/mol. The predicted molar refractivity (Wildman–Crippen MR) is 89.5 cm³/mol. The number of carbonyl (C=O) groups excluding carboxylic acids is 1. The number of aliphatic carboxylic acids is 1. The molecule has 30 heavy (non-hydrogen) atoms. The van der Waals surface area contributed by atoms with Crippen LogP contribution in [-0.2, 0) is 33.6 Å². The third-order valence-electron chi connectivity index (χ3n) is 4.76. The van der Waals surface area contributed by atoms with Crippen LogP contribution in [0.15, 0.2) is 0 Å². The molecule has 2 aliphatic rings. The van der Waals surface area contributed by atoms with Crippen LogP contribution in [0.3, 0.4) is 0 Å². The lowest BCUT2D eigenvalue weighted by Gasteiger charge is -2.45. The number of aliphatic hydroxyl groups excluding tert-OH is 5. The third-order valence-corrected chi connectivity index (χ3v) is 5.20. The fraction of sp³-hybridized carbons (Fsp3) is 0.857. The molecule has 0 radical (unpaired) electrons. The Labute approximate surface area is 169 Å². The highest BCUT2D eigenvalue weighted by atomic mass is 32.3. The molecule has 10 unspecified atom stereocenters. The summed E-state index contributed by atoms with van der Waals surface area (Å²) in [6, 6.07) is -1.56. The standard InChI is InChI=1S/C14H23NO14S/c1-3(16)15-6-11(10(20)14(28-13(6)23)29-30(24,25)26)27-5-2-4(12(21)22)7(17)9(19)8(5)18/h4-11,13-14,17-20,23H,2H2,1H3,(H,15,16)(H,21,22)(H,24,25,26). The molecular formula is C14H23NO14S. The maximum Gasteiger partial charge on any atom is 0.399 e. The van der Waals surface area contributed by atoms with Crippen LogP contribution in [0.1, 0.15) is 13.3 Å². The fourth-order valence-electron chi connectivity index (χ4n) is 3.36. The molecule has 15 nitrogen and oxygen atoms in total. The molecule has 10 atom stereocenters. The Balaban J connectivity index is 2.31. The van der Waals surface area contributed by atoms with E-state index < -0.39 is 89.9 Å². The van der Waals surface area contributed by atoms with Crippen molar-refractivity contribution in [2.24, 2.45) is 5.92 Å². The van der Waals surface area contributed by atoms with Gasteiger partial charge in [-0.1, -0.05) is 0 Å². The van der Waals surface area contributed by atoms with Crippen molar-refractivity contribution in [2.75, 3.05) is 0 Å². The Bertz CT molecular complexity index is 745. The number of ether oxygens (including phenoxy) is 2. The summed E-state index contributed by atoms with van der Waals surface area (Å²) in [5, 5.41) is 61.7. The van der Waals surface area contributed by atoms with E-state index in [2.05, 4.69) is 9.50 Å². The number of carboxylic acids is 1. The fourth-order valence-corrected chi connectivity index (χ4v) is 3.76. The van der Waals surface area contributed by atoms with E-state index >= 15 is 0 Å². The number of hydrogen-bond acceptors (Lipinski definition) is 12. The number of amides is 1. The molecule has 16 heteroatoms. The minimum Gasteiger partial charge on any atom is -0.481 e. The lowest BCUT2D eigenvalue weighted by molar-refractivity contribution is -0.313. The van der Waals surface area contributed by atoms with E-state index in [9.17, 15) is 48.6 Å². The molecule has 1 saturated carbocycles. The van der Waals surface area contributed by atoms with Gasteiger partial charge in [-0.15, -0.1) is 0 Å². The minimum atomic E-state index is -5.16. The largest absolute Gasteiger partial charge is 0.481 e. The monoisotopic (exact) mass is 461 g/mol. The normalized spacial score (nSPS) is 42.5. The summed E-state index contributed by atoms with van der Waals surface area (Å²) < 4.78 is 45.0. The zero-order valence-corrected chi connectivity index (χ0v) is 16.2. The Morgan fingerprint density at radius 2 is 1.63 bits per heavy atom. The lowest BCUT2D eigenvalue weighted by Crippen LogP contribution is -2.67. The summed E-state index contributed by atoms with van der Waals surface area (Å²) in [7, 11) is -5.16. The van der Waals surface area contributed by atoms with Gasteiger partial charge in [-0.25, -0.2) is 4.18 Å². The molecule has 1 saturated heterocycles. The number of rotatable bonds is 6. The average molecular weight is 461 g/mol. The quantitative estimate of drug-likeness (QED) is 0.173. The molecule has 0 aromatic heterocycles. The summed E-state index contributed by atoms with van der Waals surface area (Å²) in [4.78, 5) is 22.7. The molecule has 8 N–H and O–H groups in total. The lowest BCUT2D eigenvalue weighted by atomic mass is 9.80. The van der Waals surface area contributed by atoms with E-state index in [-0.39, 0.29) is 0 Å². The van der Waals surface area contributed by atoms with Crippen molar-refractivity contribution in [3.63, 3.8) is 0 Å². The molecule has 1 heterocycles. The van der Waals surface area contributed by atoms with Crippen LogP contribution in [0.4, 0.5) is 0 Å². The van der Waals surface area contributed by atoms with Crippen LogP contribution in [0, 0.1) is 5.92 Å². The Kier molecular flexibility index (Phi) is 7.73. The summed E-state index contributed by atoms with van der Waals surface area (Å²) in [5.41, 5.74) is 0. The summed E-state index contributed by atoms with van der Waals surface area (Å²) in [5.74, 6) is -3.82. The van der Waals surface area contributed by atoms with E-state index in [1.807, 2.05) is 0 Å². The first-order valence-corrected chi connectivity index (χ1v) is 9.96. The highest BCUT2D eigenvalue weighted by molar-refractivity contribution is 7.80. The zero-order chi connectivity index (χ0) is 23.0. The van der Waals surface area contributed by atoms with Crippen molar-refractivity contribution in [3.8, 4) is 0 Å². The minimum absolute atomic E-state index is 0.550. The summed E-state index contributed by atoms with van der Waals surface area (Å²) in [6.07, 6.45) is -15.8. The van der Waals surface area contributed by atoms with Gasteiger partial charge in [0.25, 0.3) is 0 Å². The van der Waals surface area contributed by atoms with Crippen molar-refractivity contribution < 1.29 is 66.9 Å². The van der Waals surface area contributed by atoms with E-state index in [1.165, 1.54) is 0 Å². The first-order chi connectivity index (χ1) is 13.7.